The summed E-state index contributed by atoms with van der Waals surface area (Å²) < 4.78 is 6.04. The molecule has 4 aromatic rings. The van der Waals surface area contributed by atoms with Gasteiger partial charge in [0.15, 0.2) is 0 Å². The number of aromatic nitrogens is 1. The van der Waals surface area contributed by atoms with Crippen molar-refractivity contribution in [1.29, 1.82) is 0 Å². The van der Waals surface area contributed by atoms with Gasteiger partial charge < -0.3 is 19.2 Å². The Bertz CT molecular complexity index is 1300. The smallest absolute Gasteiger partial charge is 0.254 e. The second-order valence-corrected chi connectivity index (χ2v) is 9.52. The molecule has 1 aromatic heterocycles. The fraction of sp³-hybridized carbons (Fsp3) is 0.267. The third kappa shape index (κ3) is 5.19. The highest BCUT2D eigenvalue weighted by Crippen LogP contribution is 2.35. The molecular weight excluding hydrogens is 448 g/mol. The molecule has 0 saturated heterocycles. The van der Waals surface area contributed by atoms with Crippen LogP contribution in [0.3, 0.4) is 0 Å². The van der Waals surface area contributed by atoms with Crippen LogP contribution >= 0.6 is 0 Å². The number of amides is 1. The van der Waals surface area contributed by atoms with E-state index in [0.717, 1.165) is 48.8 Å². The molecule has 0 spiro atoms. The lowest BCUT2D eigenvalue weighted by atomic mass is 9.99. The van der Waals surface area contributed by atoms with Crippen LogP contribution in [0.1, 0.15) is 27.0 Å². The molecule has 5 rings (SSSR count). The first-order valence-corrected chi connectivity index (χ1v) is 12.4. The van der Waals surface area contributed by atoms with Crippen molar-refractivity contribution in [2.45, 2.75) is 19.5 Å². The van der Waals surface area contributed by atoms with Gasteiger partial charge in [0, 0.05) is 37.3 Å². The Morgan fingerprint density at radius 1 is 0.889 bits per heavy atom. The van der Waals surface area contributed by atoms with Crippen molar-refractivity contribution in [1.82, 2.24) is 15.0 Å². The molecule has 1 aliphatic heterocycles. The Labute approximate surface area is 212 Å². The molecule has 0 N–H and O–H groups in total. The number of hydrogen-bond acceptors (Lipinski definition) is 5. The van der Waals surface area contributed by atoms with E-state index in [1.54, 1.807) is 0 Å². The van der Waals surface area contributed by atoms with Crippen molar-refractivity contribution in [2.75, 3.05) is 38.6 Å². The van der Waals surface area contributed by atoms with Crippen LogP contribution in [0.15, 0.2) is 89.5 Å². The highest BCUT2D eigenvalue weighted by molar-refractivity contribution is 5.94. The van der Waals surface area contributed by atoms with Crippen molar-refractivity contribution >= 4 is 11.8 Å². The maximum atomic E-state index is 13.6. The van der Waals surface area contributed by atoms with Crippen LogP contribution in [0.2, 0.25) is 0 Å². The lowest BCUT2D eigenvalue weighted by molar-refractivity contribution is 0.0732. The lowest BCUT2D eigenvalue weighted by Gasteiger charge is -2.30. The summed E-state index contributed by atoms with van der Waals surface area (Å²) in [5, 5.41) is 4.53. The summed E-state index contributed by atoms with van der Waals surface area (Å²) in [6, 6.07) is 28.1. The van der Waals surface area contributed by atoms with Gasteiger partial charge in [0.25, 0.3) is 5.91 Å². The molecule has 1 aliphatic rings. The Hall–Kier alpha value is -3.90. The highest BCUT2D eigenvalue weighted by atomic mass is 16.5. The molecule has 0 radical (unpaired) electrons. The van der Waals surface area contributed by atoms with E-state index in [0.29, 0.717) is 18.7 Å². The molecular formula is C30H32N4O2. The Morgan fingerprint density at radius 2 is 1.56 bits per heavy atom. The fourth-order valence-corrected chi connectivity index (χ4v) is 4.71. The molecule has 6 nitrogen and oxygen atoms in total. The first kappa shape index (κ1) is 23.8. The summed E-state index contributed by atoms with van der Waals surface area (Å²) in [5.74, 6) is 0.756. The van der Waals surface area contributed by atoms with Crippen molar-refractivity contribution in [3.8, 4) is 11.3 Å². The van der Waals surface area contributed by atoms with Crippen LogP contribution in [0, 0.1) is 0 Å². The predicted molar refractivity (Wildman–Crippen MR) is 143 cm³/mol. The van der Waals surface area contributed by atoms with Gasteiger partial charge in [0.1, 0.15) is 5.69 Å². The predicted octanol–water partition coefficient (Wildman–Crippen LogP) is 5.11. The van der Waals surface area contributed by atoms with E-state index < -0.39 is 0 Å². The van der Waals surface area contributed by atoms with Gasteiger partial charge in [0.2, 0.25) is 5.88 Å². The molecule has 0 saturated carbocycles. The monoisotopic (exact) mass is 480 g/mol. The van der Waals surface area contributed by atoms with Crippen LogP contribution in [-0.2, 0) is 19.5 Å². The number of rotatable bonds is 8. The summed E-state index contributed by atoms with van der Waals surface area (Å²) in [6.45, 7) is 3.39. The summed E-state index contributed by atoms with van der Waals surface area (Å²) in [5.41, 5.74) is 6.09. The molecule has 3 aromatic carbocycles. The lowest BCUT2D eigenvalue weighted by Crippen LogP contribution is -2.37. The van der Waals surface area contributed by atoms with E-state index in [-0.39, 0.29) is 5.91 Å². The molecule has 6 heteroatoms. The third-order valence-corrected chi connectivity index (χ3v) is 6.71. The molecule has 0 unspecified atom stereocenters. The molecule has 1 amide bonds. The quantitative estimate of drug-likeness (QED) is 0.351. The van der Waals surface area contributed by atoms with Crippen LogP contribution in [0.5, 0.6) is 0 Å². The number of hydrogen-bond donors (Lipinski definition) is 0. The van der Waals surface area contributed by atoms with Crippen molar-refractivity contribution in [2.24, 2.45) is 0 Å². The summed E-state index contributed by atoms with van der Waals surface area (Å²) in [6.07, 6.45) is 0.949. The van der Waals surface area contributed by atoms with Gasteiger partial charge in [0.05, 0.1) is 12.1 Å². The topological polar surface area (TPSA) is 52.8 Å². The minimum atomic E-state index is 0.00704. The van der Waals surface area contributed by atoms with E-state index in [4.69, 9.17) is 4.52 Å². The molecule has 0 fully saturated rings. The maximum Gasteiger partial charge on any atom is 0.254 e. The van der Waals surface area contributed by atoms with Gasteiger partial charge in [-0.2, -0.15) is 0 Å². The first-order chi connectivity index (χ1) is 17.6. The van der Waals surface area contributed by atoms with Gasteiger partial charge >= 0.3 is 0 Å². The molecule has 0 bridgehead atoms. The van der Waals surface area contributed by atoms with Crippen molar-refractivity contribution in [3.05, 3.63) is 107 Å². The zero-order chi connectivity index (χ0) is 24.9. The standard InChI is InChI=1S/C30H32N4O2/c1-32(2)19-20-33(29(35)25-14-7-4-8-15-25)22-27-28(24-12-5-3-6-13-24)31-36-30(27)34-18-17-23-11-9-10-16-26(23)21-34/h3-16H,17-22H2,1-2H3. The SMILES string of the molecule is CN(C)CCN(Cc1c(-c2ccccc2)noc1N1CCc2ccccc2C1)C(=O)c1ccccc1. The Morgan fingerprint density at radius 3 is 2.28 bits per heavy atom. The van der Waals surface area contributed by atoms with E-state index in [1.807, 2.05) is 79.7 Å². The average Bonchev–Trinajstić information content (AvgIpc) is 3.34. The number of nitrogens with zero attached hydrogens (tertiary/aromatic N) is 4. The molecule has 2 heterocycles. The van der Waals surface area contributed by atoms with Gasteiger partial charge in [-0.05, 0) is 43.8 Å². The fourth-order valence-electron chi connectivity index (χ4n) is 4.71. The van der Waals surface area contributed by atoms with Crippen LogP contribution in [-0.4, -0.2) is 54.6 Å². The normalized spacial score (nSPS) is 13.0. The molecule has 0 atom stereocenters. The number of likely N-dealkylation sites (N-methyl/N-ethyl adjacent to an activating group) is 1. The zero-order valence-corrected chi connectivity index (χ0v) is 20.9. The van der Waals surface area contributed by atoms with Gasteiger partial charge in [-0.25, -0.2) is 0 Å². The van der Waals surface area contributed by atoms with Crippen molar-refractivity contribution in [3.63, 3.8) is 0 Å². The molecule has 36 heavy (non-hydrogen) atoms. The van der Waals surface area contributed by atoms with Crippen LogP contribution in [0.25, 0.3) is 11.3 Å². The first-order valence-electron chi connectivity index (χ1n) is 12.4. The summed E-state index contributed by atoms with van der Waals surface area (Å²) >= 11 is 0. The van der Waals surface area contributed by atoms with Gasteiger partial charge in [-0.3, -0.25) is 4.79 Å². The van der Waals surface area contributed by atoms with E-state index >= 15 is 0 Å². The summed E-state index contributed by atoms with van der Waals surface area (Å²) in [7, 11) is 4.05. The molecule has 0 aliphatic carbocycles. The number of carbonyl (C=O) groups excluding carboxylic acids is 1. The minimum absolute atomic E-state index is 0.00704. The highest BCUT2D eigenvalue weighted by Gasteiger charge is 2.28. The number of fused-ring (bicyclic) bond motifs is 1. The van der Waals surface area contributed by atoms with Gasteiger partial charge in [-0.15, -0.1) is 0 Å². The second-order valence-electron chi connectivity index (χ2n) is 9.52. The maximum absolute atomic E-state index is 13.6. The van der Waals surface area contributed by atoms with E-state index in [1.165, 1.54) is 11.1 Å². The molecule has 184 valence electrons. The largest absolute Gasteiger partial charge is 0.338 e. The third-order valence-electron chi connectivity index (χ3n) is 6.71. The van der Waals surface area contributed by atoms with E-state index in [2.05, 4.69) is 39.2 Å². The van der Waals surface area contributed by atoms with Crippen molar-refractivity contribution < 1.29 is 9.32 Å². The number of benzene rings is 3. The minimum Gasteiger partial charge on any atom is -0.338 e. The van der Waals surface area contributed by atoms with Gasteiger partial charge in [-0.1, -0.05) is 78.0 Å². The average molecular weight is 481 g/mol. The number of anilines is 1. The Kier molecular flexibility index (Phi) is 7.14. The second kappa shape index (κ2) is 10.8. The number of carbonyl (C=O) groups is 1. The summed E-state index contributed by atoms with van der Waals surface area (Å²) in [4.78, 5) is 19.9. The van der Waals surface area contributed by atoms with Crippen LogP contribution < -0.4 is 4.90 Å². The Balaban J connectivity index is 1.52. The van der Waals surface area contributed by atoms with Crippen LogP contribution in [0.4, 0.5) is 5.88 Å². The van der Waals surface area contributed by atoms with E-state index in [9.17, 15) is 4.79 Å². The zero-order valence-electron chi connectivity index (χ0n) is 20.9.